The summed E-state index contributed by atoms with van der Waals surface area (Å²) in [6.45, 7) is 1.97. The van der Waals surface area contributed by atoms with Crippen LogP contribution in [-0.2, 0) is 13.0 Å². The Balaban J connectivity index is 2.08. The molecule has 3 nitrogen and oxygen atoms in total. The van der Waals surface area contributed by atoms with Gasteiger partial charge in [-0.3, -0.25) is 0 Å². The van der Waals surface area contributed by atoms with Crippen molar-refractivity contribution in [3.05, 3.63) is 40.2 Å². The van der Waals surface area contributed by atoms with Crippen molar-refractivity contribution in [2.24, 2.45) is 0 Å². The molecule has 1 aromatic heterocycles. The molecule has 1 aromatic carbocycles. The number of rotatable bonds is 4. The van der Waals surface area contributed by atoms with E-state index in [0.717, 1.165) is 17.5 Å². The molecule has 7 heteroatoms. The van der Waals surface area contributed by atoms with Gasteiger partial charge in [0.15, 0.2) is 11.6 Å². The van der Waals surface area contributed by atoms with Crippen molar-refractivity contribution in [1.29, 1.82) is 0 Å². The van der Waals surface area contributed by atoms with E-state index in [0.29, 0.717) is 11.2 Å². The maximum atomic E-state index is 13.3. The van der Waals surface area contributed by atoms with Gasteiger partial charge in [-0.15, -0.1) is 10.2 Å². The summed E-state index contributed by atoms with van der Waals surface area (Å²) in [5.74, 6) is -3.05. The lowest BCUT2D eigenvalue weighted by Gasteiger charge is -2.04. The third-order valence-corrected chi connectivity index (χ3v) is 3.31. The molecule has 0 aliphatic rings. The summed E-state index contributed by atoms with van der Waals surface area (Å²) in [7, 11) is 0. The average molecular weight is 273 g/mol. The first-order valence-electron chi connectivity index (χ1n) is 5.29. The van der Waals surface area contributed by atoms with Crippen molar-refractivity contribution in [2.75, 3.05) is 5.32 Å². The van der Waals surface area contributed by atoms with Gasteiger partial charge >= 0.3 is 0 Å². The fourth-order valence-corrected chi connectivity index (χ4v) is 2.01. The second kappa shape index (κ2) is 5.34. The molecule has 0 atom stereocenters. The van der Waals surface area contributed by atoms with Gasteiger partial charge in [-0.25, -0.2) is 13.2 Å². The van der Waals surface area contributed by atoms with Gasteiger partial charge in [0, 0.05) is 18.2 Å². The Morgan fingerprint density at radius 3 is 2.50 bits per heavy atom. The van der Waals surface area contributed by atoms with E-state index in [1.165, 1.54) is 11.3 Å². The van der Waals surface area contributed by atoms with E-state index in [1.54, 1.807) is 0 Å². The summed E-state index contributed by atoms with van der Waals surface area (Å²) in [5, 5.41) is 11.9. The van der Waals surface area contributed by atoms with Crippen molar-refractivity contribution in [3.63, 3.8) is 0 Å². The molecule has 0 aliphatic heterocycles. The summed E-state index contributed by atoms with van der Waals surface area (Å²) in [6.07, 6.45) is 0.763. The van der Waals surface area contributed by atoms with Crippen molar-refractivity contribution in [1.82, 2.24) is 10.2 Å². The number of nitrogens with zero attached hydrogens (tertiary/aromatic N) is 2. The van der Waals surface area contributed by atoms with Crippen LogP contribution in [0, 0.1) is 17.5 Å². The Hall–Kier alpha value is -1.63. The second-order valence-electron chi connectivity index (χ2n) is 3.57. The Labute approximate surface area is 106 Å². The third-order valence-electron chi connectivity index (χ3n) is 2.29. The number of hydrogen-bond donors (Lipinski definition) is 1. The van der Waals surface area contributed by atoms with Crippen LogP contribution in [-0.4, -0.2) is 10.2 Å². The van der Waals surface area contributed by atoms with Crippen LogP contribution in [0.5, 0.6) is 0 Å². The van der Waals surface area contributed by atoms with E-state index in [9.17, 15) is 13.2 Å². The first-order chi connectivity index (χ1) is 8.60. The highest BCUT2D eigenvalue weighted by atomic mass is 32.1. The van der Waals surface area contributed by atoms with Crippen LogP contribution in [0.15, 0.2) is 12.1 Å². The van der Waals surface area contributed by atoms with E-state index in [2.05, 4.69) is 15.5 Å². The van der Waals surface area contributed by atoms with Gasteiger partial charge in [-0.05, 0) is 12.5 Å². The first-order valence-corrected chi connectivity index (χ1v) is 6.11. The Kier molecular flexibility index (Phi) is 3.81. The molecule has 1 N–H and O–H groups in total. The highest BCUT2D eigenvalue weighted by molar-refractivity contribution is 7.15. The van der Waals surface area contributed by atoms with E-state index in [-0.39, 0.29) is 12.1 Å². The minimum atomic E-state index is -1.19. The van der Waals surface area contributed by atoms with Gasteiger partial charge in [0.2, 0.25) is 5.13 Å². The Bertz CT molecular complexity index is 556. The fraction of sp³-hybridized carbons (Fsp3) is 0.273. The largest absolute Gasteiger partial charge is 0.356 e. The summed E-state index contributed by atoms with van der Waals surface area (Å²) < 4.78 is 39.0. The molecule has 0 saturated carbocycles. The van der Waals surface area contributed by atoms with Gasteiger partial charge in [-0.2, -0.15) is 0 Å². The van der Waals surface area contributed by atoms with Crippen LogP contribution >= 0.6 is 11.3 Å². The monoisotopic (exact) mass is 273 g/mol. The molecular weight excluding hydrogens is 263 g/mol. The highest BCUT2D eigenvalue weighted by Crippen LogP contribution is 2.18. The van der Waals surface area contributed by atoms with Crippen molar-refractivity contribution in [2.45, 2.75) is 19.9 Å². The lowest BCUT2D eigenvalue weighted by atomic mass is 10.2. The van der Waals surface area contributed by atoms with Gasteiger partial charge in [0.1, 0.15) is 10.8 Å². The molecule has 1 heterocycles. The van der Waals surface area contributed by atoms with Crippen molar-refractivity contribution >= 4 is 16.5 Å². The molecule has 0 amide bonds. The van der Waals surface area contributed by atoms with Crippen LogP contribution in [0.3, 0.4) is 0 Å². The minimum Gasteiger partial charge on any atom is -0.356 e. The van der Waals surface area contributed by atoms with Gasteiger partial charge in [0.05, 0.1) is 0 Å². The molecule has 18 heavy (non-hydrogen) atoms. The van der Waals surface area contributed by atoms with E-state index < -0.39 is 17.5 Å². The zero-order valence-corrected chi connectivity index (χ0v) is 10.3. The fourth-order valence-electron chi connectivity index (χ4n) is 1.34. The van der Waals surface area contributed by atoms with E-state index in [4.69, 9.17) is 0 Å². The number of benzene rings is 1. The molecule has 2 aromatic rings. The standard InChI is InChI=1S/C11H10F3N3S/c1-2-10-16-17-11(18-10)15-5-6-3-8(13)9(14)4-7(6)12/h3-4H,2,5H2,1H3,(H,15,17). The summed E-state index contributed by atoms with van der Waals surface area (Å²) in [6, 6.07) is 1.36. The number of nitrogens with one attached hydrogen (secondary N) is 1. The average Bonchev–Trinajstić information content (AvgIpc) is 2.80. The van der Waals surface area contributed by atoms with Gasteiger partial charge in [0.25, 0.3) is 0 Å². The normalized spacial score (nSPS) is 10.7. The number of aryl methyl sites for hydroxylation is 1. The van der Waals surface area contributed by atoms with Crippen molar-refractivity contribution in [3.8, 4) is 0 Å². The predicted molar refractivity (Wildman–Crippen MR) is 62.9 cm³/mol. The lowest BCUT2D eigenvalue weighted by Crippen LogP contribution is -2.03. The molecule has 0 fully saturated rings. The second-order valence-corrected chi connectivity index (χ2v) is 4.63. The highest BCUT2D eigenvalue weighted by Gasteiger charge is 2.10. The number of anilines is 1. The van der Waals surface area contributed by atoms with Gasteiger partial charge < -0.3 is 5.32 Å². The van der Waals surface area contributed by atoms with E-state index >= 15 is 0 Å². The first kappa shape index (κ1) is 12.8. The SMILES string of the molecule is CCc1nnc(NCc2cc(F)c(F)cc2F)s1. The van der Waals surface area contributed by atoms with Gasteiger partial charge in [-0.1, -0.05) is 18.3 Å². The maximum Gasteiger partial charge on any atom is 0.205 e. The molecule has 0 bridgehead atoms. The molecule has 0 unspecified atom stereocenters. The number of halogens is 3. The molecule has 96 valence electrons. The van der Waals surface area contributed by atoms with Crippen LogP contribution < -0.4 is 5.32 Å². The molecule has 0 spiro atoms. The van der Waals surface area contributed by atoms with Crippen LogP contribution in [0.4, 0.5) is 18.3 Å². The maximum absolute atomic E-state index is 13.3. The molecule has 0 radical (unpaired) electrons. The quantitative estimate of drug-likeness (QED) is 0.870. The predicted octanol–water partition coefficient (Wildman–Crippen LogP) is 3.13. The molecular formula is C11H10F3N3S. The zero-order chi connectivity index (χ0) is 13.1. The zero-order valence-electron chi connectivity index (χ0n) is 9.51. The topological polar surface area (TPSA) is 37.8 Å². The summed E-state index contributed by atoms with van der Waals surface area (Å²) in [5.41, 5.74) is 0.0437. The van der Waals surface area contributed by atoms with Crippen LogP contribution in [0.25, 0.3) is 0 Å². The minimum absolute atomic E-state index is 0.0291. The Morgan fingerprint density at radius 2 is 1.83 bits per heavy atom. The molecule has 0 aliphatic carbocycles. The van der Waals surface area contributed by atoms with E-state index in [1.807, 2.05) is 6.92 Å². The molecule has 2 rings (SSSR count). The smallest absolute Gasteiger partial charge is 0.205 e. The molecule has 0 saturated heterocycles. The lowest BCUT2D eigenvalue weighted by molar-refractivity contribution is 0.490. The Morgan fingerprint density at radius 1 is 1.11 bits per heavy atom. The van der Waals surface area contributed by atoms with Crippen LogP contribution in [0.1, 0.15) is 17.5 Å². The summed E-state index contributed by atoms with van der Waals surface area (Å²) >= 11 is 1.34. The third kappa shape index (κ3) is 2.79. The van der Waals surface area contributed by atoms with Crippen molar-refractivity contribution < 1.29 is 13.2 Å². The van der Waals surface area contributed by atoms with Crippen LogP contribution in [0.2, 0.25) is 0 Å². The number of hydrogen-bond acceptors (Lipinski definition) is 4. The number of aromatic nitrogens is 2. The summed E-state index contributed by atoms with van der Waals surface area (Å²) in [4.78, 5) is 0.